The van der Waals surface area contributed by atoms with Crippen LogP contribution in [0.15, 0.2) is 59.1 Å². The Balaban J connectivity index is 1.54. The fraction of sp³-hybridized carbons (Fsp3) is 0.136. The SMILES string of the molecule is Cc1nn(Cc2ccccc2)c(C)c1NC(=O)c1cc(-c2ccc(Cl)cc2Cl)on1. The predicted molar refractivity (Wildman–Crippen MR) is 117 cm³/mol. The number of halogens is 2. The van der Waals surface area contributed by atoms with Gasteiger partial charge in [-0.25, -0.2) is 0 Å². The van der Waals surface area contributed by atoms with Crippen molar-refractivity contribution in [3.63, 3.8) is 0 Å². The first kappa shape index (κ1) is 20.2. The average Bonchev–Trinajstić information content (AvgIpc) is 3.30. The van der Waals surface area contributed by atoms with Crippen molar-refractivity contribution in [2.24, 2.45) is 0 Å². The summed E-state index contributed by atoms with van der Waals surface area (Å²) < 4.78 is 7.18. The van der Waals surface area contributed by atoms with Crippen LogP contribution in [0.5, 0.6) is 0 Å². The lowest BCUT2D eigenvalue weighted by Crippen LogP contribution is -2.13. The molecule has 0 saturated carbocycles. The van der Waals surface area contributed by atoms with Crippen molar-refractivity contribution >= 4 is 34.8 Å². The Morgan fingerprint density at radius 3 is 2.60 bits per heavy atom. The van der Waals surface area contributed by atoms with Crippen molar-refractivity contribution in [3.8, 4) is 11.3 Å². The van der Waals surface area contributed by atoms with Gasteiger partial charge in [0.2, 0.25) is 0 Å². The smallest absolute Gasteiger partial charge is 0.277 e. The Kier molecular flexibility index (Phi) is 5.61. The Bertz CT molecular complexity index is 1220. The van der Waals surface area contributed by atoms with Gasteiger partial charge in [0, 0.05) is 16.7 Å². The van der Waals surface area contributed by atoms with Crippen molar-refractivity contribution < 1.29 is 9.32 Å². The molecule has 0 aliphatic rings. The molecule has 1 N–H and O–H groups in total. The Morgan fingerprint density at radius 2 is 1.87 bits per heavy atom. The number of aryl methyl sites for hydroxylation is 1. The van der Waals surface area contributed by atoms with Crippen LogP contribution in [0.4, 0.5) is 5.69 Å². The van der Waals surface area contributed by atoms with Crippen molar-refractivity contribution in [1.29, 1.82) is 0 Å². The molecular formula is C22H18Cl2N4O2. The molecule has 0 aliphatic heterocycles. The van der Waals surface area contributed by atoms with Gasteiger partial charge in [0.1, 0.15) is 0 Å². The third-order valence-electron chi connectivity index (χ3n) is 4.73. The second-order valence-corrected chi connectivity index (χ2v) is 7.69. The minimum atomic E-state index is -0.388. The molecule has 0 atom stereocenters. The molecule has 6 nitrogen and oxygen atoms in total. The molecule has 0 aliphatic carbocycles. The zero-order valence-corrected chi connectivity index (χ0v) is 17.8. The topological polar surface area (TPSA) is 73.0 Å². The second-order valence-electron chi connectivity index (χ2n) is 6.84. The fourth-order valence-corrected chi connectivity index (χ4v) is 3.67. The van der Waals surface area contributed by atoms with E-state index in [2.05, 4.69) is 15.6 Å². The van der Waals surface area contributed by atoms with E-state index in [1.54, 1.807) is 24.3 Å². The summed E-state index contributed by atoms with van der Waals surface area (Å²) in [6.45, 7) is 4.39. The molecule has 2 aromatic heterocycles. The summed E-state index contributed by atoms with van der Waals surface area (Å²) in [6.07, 6.45) is 0. The summed E-state index contributed by atoms with van der Waals surface area (Å²) in [5.41, 5.74) is 4.11. The standard InChI is InChI=1S/C22H18Cl2N4O2/c1-13-21(14(2)28(26-13)12-15-6-4-3-5-7-15)25-22(29)19-11-20(30-27-19)17-9-8-16(23)10-18(17)24/h3-11H,12H2,1-2H3,(H,25,29). The van der Waals surface area contributed by atoms with E-state index in [4.69, 9.17) is 27.7 Å². The Morgan fingerprint density at radius 1 is 1.10 bits per heavy atom. The minimum Gasteiger partial charge on any atom is -0.355 e. The molecule has 0 radical (unpaired) electrons. The van der Waals surface area contributed by atoms with Gasteiger partial charge in [-0.1, -0.05) is 58.7 Å². The molecule has 1 amide bonds. The lowest BCUT2D eigenvalue weighted by Gasteiger charge is -2.06. The van der Waals surface area contributed by atoms with Gasteiger partial charge in [0.05, 0.1) is 28.6 Å². The second kappa shape index (κ2) is 8.34. The molecule has 0 spiro atoms. The van der Waals surface area contributed by atoms with Crippen LogP contribution in [0, 0.1) is 13.8 Å². The molecule has 0 fully saturated rings. The number of carbonyl (C=O) groups is 1. The zero-order valence-electron chi connectivity index (χ0n) is 16.3. The van der Waals surface area contributed by atoms with Gasteiger partial charge in [-0.2, -0.15) is 5.10 Å². The molecule has 2 aromatic carbocycles. The molecule has 4 rings (SSSR count). The van der Waals surface area contributed by atoms with E-state index in [9.17, 15) is 4.79 Å². The largest absolute Gasteiger partial charge is 0.355 e. The highest BCUT2D eigenvalue weighted by atomic mass is 35.5. The van der Waals surface area contributed by atoms with Gasteiger partial charge in [-0.15, -0.1) is 0 Å². The molecule has 0 saturated heterocycles. The first-order chi connectivity index (χ1) is 14.4. The van der Waals surface area contributed by atoms with Crippen LogP contribution in [0.2, 0.25) is 10.0 Å². The number of aromatic nitrogens is 3. The molecule has 8 heteroatoms. The van der Waals surface area contributed by atoms with Crippen LogP contribution < -0.4 is 5.32 Å². The number of hydrogen-bond acceptors (Lipinski definition) is 4. The van der Waals surface area contributed by atoms with E-state index in [0.717, 1.165) is 17.0 Å². The van der Waals surface area contributed by atoms with Crippen LogP contribution in [0.1, 0.15) is 27.4 Å². The van der Waals surface area contributed by atoms with Crippen molar-refractivity contribution in [2.45, 2.75) is 20.4 Å². The van der Waals surface area contributed by atoms with Crippen molar-refractivity contribution in [3.05, 3.63) is 87.3 Å². The summed E-state index contributed by atoms with van der Waals surface area (Å²) in [7, 11) is 0. The lowest BCUT2D eigenvalue weighted by atomic mass is 10.1. The number of hydrogen-bond donors (Lipinski definition) is 1. The molecule has 4 aromatic rings. The Labute approximate surface area is 183 Å². The lowest BCUT2D eigenvalue weighted by molar-refractivity contribution is 0.101. The van der Waals surface area contributed by atoms with Crippen molar-refractivity contribution in [2.75, 3.05) is 5.32 Å². The summed E-state index contributed by atoms with van der Waals surface area (Å²) in [5, 5.41) is 12.3. The van der Waals surface area contributed by atoms with Gasteiger partial charge in [0.15, 0.2) is 11.5 Å². The Hall–Kier alpha value is -3.09. The summed E-state index contributed by atoms with van der Waals surface area (Å²) in [4.78, 5) is 12.7. The maximum atomic E-state index is 12.7. The van der Waals surface area contributed by atoms with E-state index >= 15 is 0 Å². The third kappa shape index (κ3) is 4.10. The third-order valence-corrected chi connectivity index (χ3v) is 5.28. The van der Waals surface area contributed by atoms with Gasteiger partial charge < -0.3 is 9.84 Å². The van der Waals surface area contributed by atoms with Gasteiger partial charge >= 0.3 is 0 Å². The predicted octanol–water partition coefficient (Wildman–Crippen LogP) is 5.76. The van der Waals surface area contributed by atoms with Crippen LogP contribution >= 0.6 is 23.2 Å². The first-order valence-electron chi connectivity index (χ1n) is 9.24. The van der Waals surface area contributed by atoms with Crippen LogP contribution in [0.3, 0.4) is 0 Å². The van der Waals surface area contributed by atoms with E-state index < -0.39 is 0 Å². The summed E-state index contributed by atoms with van der Waals surface area (Å²) in [6, 6.07) is 16.6. The first-order valence-corrected chi connectivity index (χ1v) is 9.99. The van der Waals surface area contributed by atoms with Crippen molar-refractivity contribution in [1.82, 2.24) is 14.9 Å². The number of amides is 1. The quantitative estimate of drug-likeness (QED) is 0.427. The molecule has 2 heterocycles. The van der Waals surface area contributed by atoms with E-state index in [1.165, 1.54) is 0 Å². The van der Waals surface area contributed by atoms with Gasteiger partial charge in [-0.3, -0.25) is 9.48 Å². The highest BCUT2D eigenvalue weighted by Crippen LogP contribution is 2.31. The molecule has 0 unspecified atom stereocenters. The van der Waals surface area contributed by atoms with Gasteiger partial charge in [0.25, 0.3) is 5.91 Å². The minimum absolute atomic E-state index is 0.144. The average molecular weight is 441 g/mol. The normalized spacial score (nSPS) is 10.9. The number of nitrogens with zero attached hydrogens (tertiary/aromatic N) is 3. The number of anilines is 1. The highest BCUT2D eigenvalue weighted by molar-refractivity contribution is 6.36. The number of rotatable bonds is 5. The van der Waals surface area contributed by atoms with E-state index in [1.807, 2.05) is 48.9 Å². The maximum absolute atomic E-state index is 12.7. The number of benzene rings is 2. The van der Waals surface area contributed by atoms with Gasteiger partial charge in [-0.05, 0) is 37.6 Å². The fourth-order valence-electron chi connectivity index (χ4n) is 3.16. The summed E-state index contributed by atoms with van der Waals surface area (Å²) >= 11 is 12.1. The number of carbonyl (C=O) groups excluding carboxylic acids is 1. The molecular weight excluding hydrogens is 423 g/mol. The summed E-state index contributed by atoms with van der Waals surface area (Å²) in [5.74, 6) is -0.00409. The van der Waals surface area contributed by atoms with Crippen LogP contribution in [-0.2, 0) is 6.54 Å². The highest BCUT2D eigenvalue weighted by Gasteiger charge is 2.19. The van der Waals surface area contributed by atoms with Crippen LogP contribution in [-0.4, -0.2) is 20.8 Å². The van der Waals surface area contributed by atoms with Crippen LogP contribution in [0.25, 0.3) is 11.3 Å². The van der Waals surface area contributed by atoms with E-state index in [-0.39, 0.29) is 11.6 Å². The molecule has 0 bridgehead atoms. The maximum Gasteiger partial charge on any atom is 0.277 e. The molecule has 30 heavy (non-hydrogen) atoms. The van der Waals surface area contributed by atoms with E-state index in [0.29, 0.717) is 33.6 Å². The monoisotopic (exact) mass is 440 g/mol. The number of nitrogens with one attached hydrogen (secondary N) is 1. The molecule has 152 valence electrons. The zero-order chi connectivity index (χ0) is 21.3.